The zero-order valence-corrected chi connectivity index (χ0v) is 11.2. The average molecular weight is 259 g/mol. The number of methoxy groups -OCH3 is 1. The standard InChI is InChI=1S/C11H19ClN4O/c1-7(2)6-8-15-10(12)9(13)11(16-8)14-4-5-17-3/h7H,4-6,13H2,1-3H3,(H,14,15,16). The van der Waals surface area contributed by atoms with Gasteiger partial charge in [0.05, 0.1) is 6.61 Å². The maximum absolute atomic E-state index is 5.97. The number of hydrogen-bond donors (Lipinski definition) is 2. The molecule has 1 aromatic heterocycles. The van der Waals surface area contributed by atoms with Crippen LogP contribution in [-0.4, -0.2) is 30.2 Å². The molecule has 0 atom stereocenters. The molecule has 1 heterocycles. The summed E-state index contributed by atoms with van der Waals surface area (Å²) in [5.41, 5.74) is 6.19. The minimum atomic E-state index is 0.301. The molecule has 5 nitrogen and oxygen atoms in total. The molecule has 17 heavy (non-hydrogen) atoms. The Labute approximate surface area is 107 Å². The van der Waals surface area contributed by atoms with E-state index in [1.54, 1.807) is 7.11 Å². The summed E-state index contributed by atoms with van der Waals surface area (Å²) < 4.78 is 4.95. The average Bonchev–Trinajstić information content (AvgIpc) is 2.24. The first-order valence-electron chi connectivity index (χ1n) is 5.59. The highest BCUT2D eigenvalue weighted by Crippen LogP contribution is 2.24. The fourth-order valence-corrected chi connectivity index (χ4v) is 1.54. The number of ether oxygens (including phenoxy) is 1. The number of nitrogens with zero attached hydrogens (tertiary/aromatic N) is 2. The van der Waals surface area contributed by atoms with E-state index in [-0.39, 0.29) is 0 Å². The van der Waals surface area contributed by atoms with E-state index in [0.717, 1.165) is 6.42 Å². The lowest BCUT2D eigenvalue weighted by molar-refractivity contribution is 0.210. The second-order valence-corrected chi connectivity index (χ2v) is 4.57. The van der Waals surface area contributed by atoms with Gasteiger partial charge in [0.1, 0.15) is 11.5 Å². The number of hydrogen-bond acceptors (Lipinski definition) is 5. The lowest BCUT2D eigenvalue weighted by Crippen LogP contribution is -2.13. The summed E-state index contributed by atoms with van der Waals surface area (Å²) in [6, 6.07) is 0. The molecule has 0 radical (unpaired) electrons. The molecule has 1 aromatic rings. The van der Waals surface area contributed by atoms with Crippen molar-refractivity contribution in [3.63, 3.8) is 0 Å². The Morgan fingerprint density at radius 2 is 2.12 bits per heavy atom. The van der Waals surface area contributed by atoms with Crippen LogP contribution in [0.3, 0.4) is 0 Å². The Morgan fingerprint density at radius 3 is 2.71 bits per heavy atom. The maximum Gasteiger partial charge on any atom is 0.157 e. The minimum Gasteiger partial charge on any atom is -0.393 e. The first-order valence-corrected chi connectivity index (χ1v) is 5.97. The van der Waals surface area contributed by atoms with E-state index in [4.69, 9.17) is 22.1 Å². The fourth-order valence-electron chi connectivity index (χ4n) is 1.35. The Kier molecular flexibility index (Phi) is 5.44. The van der Waals surface area contributed by atoms with Crippen LogP contribution in [0.5, 0.6) is 0 Å². The number of nitrogen functional groups attached to an aromatic ring is 1. The Hall–Kier alpha value is -1.07. The quantitative estimate of drug-likeness (QED) is 0.603. The summed E-state index contributed by atoms with van der Waals surface area (Å²) in [6.45, 7) is 5.42. The van der Waals surface area contributed by atoms with E-state index < -0.39 is 0 Å². The summed E-state index contributed by atoms with van der Waals surface area (Å²) in [5, 5.41) is 3.38. The van der Waals surface area contributed by atoms with Crippen molar-refractivity contribution in [1.82, 2.24) is 9.97 Å². The van der Waals surface area contributed by atoms with Crippen molar-refractivity contribution in [2.24, 2.45) is 5.92 Å². The van der Waals surface area contributed by atoms with Gasteiger partial charge < -0.3 is 15.8 Å². The molecule has 0 aliphatic heterocycles. The fraction of sp³-hybridized carbons (Fsp3) is 0.636. The summed E-state index contributed by atoms with van der Waals surface area (Å²) in [7, 11) is 1.64. The normalized spacial score (nSPS) is 10.9. The van der Waals surface area contributed by atoms with Crippen LogP contribution in [-0.2, 0) is 11.2 Å². The van der Waals surface area contributed by atoms with Crippen LogP contribution >= 0.6 is 11.6 Å². The van der Waals surface area contributed by atoms with Gasteiger partial charge in [-0.1, -0.05) is 25.4 Å². The first-order chi connectivity index (χ1) is 8.04. The number of aromatic nitrogens is 2. The third-order valence-electron chi connectivity index (χ3n) is 2.13. The van der Waals surface area contributed by atoms with Crippen LogP contribution in [0, 0.1) is 5.92 Å². The van der Waals surface area contributed by atoms with Gasteiger partial charge in [0.2, 0.25) is 0 Å². The number of nitrogens with two attached hydrogens (primary N) is 1. The van der Waals surface area contributed by atoms with E-state index in [0.29, 0.717) is 41.6 Å². The van der Waals surface area contributed by atoms with Gasteiger partial charge in [0, 0.05) is 20.1 Å². The van der Waals surface area contributed by atoms with Gasteiger partial charge in [-0.3, -0.25) is 0 Å². The van der Waals surface area contributed by atoms with Gasteiger partial charge in [-0.15, -0.1) is 0 Å². The van der Waals surface area contributed by atoms with Gasteiger partial charge in [-0.25, -0.2) is 9.97 Å². The molecule has 0 fully saturated rings. The van der Waals surface area contributed by atoms with E-state index in [1.165, 1.54) is 0 Å². The molecule has 0 aliphatic carbocycles. The predicted molar refractivity (Wildman–Crippen MR) is 70.4 cm³/mol. The summed E-state index contributed by atoms with van der Waals surface area (Å²) in [5.74, 6) is 1.76. The van der Waals surface area contributed by atoms with E-state index in [2.05, 4.69) is 29.1 Å². The number of rotatable bonds is 6. The van der Waals surface area contributed by atoms with Crippen LogP contribution in [0.1, 0.15) is 19.7 Å². The zero-order chi connectivity index (χ0) is 12.8. The molecule has 0 aliphatic rings. The third-order valence-corrected chi connectivity index (χ3v) is 2.42. The lowest BCUT2D eigenvalue weighted by Gasteiger charge is -2.11. The number of halogens is 1. The first kappa shape index (κ1) is 14.0. The van der Waals surface area contributed by atoms with Crippen LogP contribution < -0.4 is 11.1 Å². The molecule has 0 saturated heterocycles. The molecule has 96 valence electrons. The van der Waals surface area contributed by atoms with E-state index >= 15 is 0 Å². The van der Waals surface area contributed by atoms with Crippen molar-refractivity contribution < 1.29 is 4.74 Å². The highest BCUT2D eigenvalue weighted by atomic mass is 35.5. The molecule has 0 saturated carbocycles. The molecule has 0 amide bonds. The van der Waals surface area contributed by atoms with Crippen LogP contribution in [0.25, 0.3) is 0 Å². The second kappa shape index (κ2) is 6.61. The molecule has 3 N–H and O–H groups in total. The van der Waals surface area contributed by atoms with Crippen molar-refractivity contribution in [3.8, 4) is 0 Å². The molecule has 0 bridgehead atoms. The van der Waals surface area contributed by atoms with Crippen molar-refractivity contribution in [1.29, 1.82) is 0 Å². The summed E-state index contributed by atoms with van der Waals surface area (Å²) in [4.78, 5) is 8.52. The third kappa shape index (κ3) is 4.36. The van der Waals surface area contributed by atoms with Crippen molar-refractivity contribution in [2.75, 3.05) is 31.3 Å². The summed E-state index contributed by atoms with van der Waals surface area (Å²) in [6.07, 6.45) is 0.777. The van der Waals surface area contributed by atoms with E-state index in [1.807, 2.05) is 0 Å². The van der Waals surface area contributed by atoms with Crippen molar-refractivity contribution in [3.05, 3.63) is 11.0 Å². The maximum atomic E-state index is 5.97. The predicted octanol–water partition coefficient (Wildman–Crippen LogP) is 1.97. The SMILES string of the molecule is COCCNc1nc(CC(C)C)nc(Cl)c1N. The highest BCUT2D eigenvalue weighted by Gasteiger charge is 2.10. The van der Waals surface area contributed by atoms with E-state index in [9.17, 15) is 0 Å². The van der Waals surface area contributed by atoms with Crippen LogP contribution in [0.15, 0.2) is 0 Å². The molecular formula is C11H19ClN4O. The van der Waals surface area contributed by atoms with Gasteiger partial charge in [0.25, 0.3) is 0 Å². The lowest BCUT2D eigenvalue weighted by atomic mass is 10.1. The zero-order valence-electron chi connectivity index (χ0n) is 10.5. The molecule has 0 spiro atoms. The Morgan fingerprint density at radius 1 is 1.41 bits per heavy atom. The Balaban J connectivity index is 2.82. The number of anilines is 2. The smallest absolute Gasteiger partial charge is 0.157 e. The van der Waals surface area contributed by atoms with Crippen LogP contribution in [0.4, 0.5) is 11.5 Å². The Bertz CT molecular complexity index is 371. The largest absolute Gasteiger partial charge is 0.393 e. The van der Waals surface area contributed by atoms with Crippen LogP contribution in [0.2, 0.25) is 5.15 Å². The minimum absolute atomic E-state index is 0.301. The molecule has 0 aromatic carbocycles. The van der Waals surface area contributed by atoms with Gasteiger partial charge in [-0.05, 0) is 5.92 Å². The second-order valence-electron chi connectivity index (χ2n) is 4.21. The van der Waals surface area contributed by atoms with Gasteiger partial charge >= 0.3 is 0 Å². The highest BCUT2D eigenvalue weighted by molar-refractivity contribution is 6.32. The van der Waals surface area contributed by atoms with Crippen molar-refractivity contribution in [2.45, 2.75) is 20.3 Å². The molecular weight excluding hydrogens is 240 g/mol. The number of nitrogens with one attached hydrogen (secondary N) is 1. The summed E-state index contributed by atoms with van der Waals surface area (Å²) >= 11 is 5.97. The molecule has 1 rings (SSSR count). The van der Waals surface area contributed by atoms with Gasteiger partial charge in [-0.2, -0.15) is 0 Å². The van der Waals surface area contributed by atoms with Crippen molar-refractivity contribution >= 4 is 23.1 Å². The molecule has 0 unspecified atom stereocenters. The molecule has 6 heteroatoms. The topological polar surface area (TPSA) is 73.1 Å². The monoisotopic (exact) mass is 258 g/mol. The van der Waals surface area contributed by atoms with Gasteiger partial charge in [0.15, 0.2) is 11.0 Å².